The van der Waals surface area contributed by atoms with Crippen LogP contribution in [0.15, 0.2) is 65.7 Å². The van der Waals surface area contributed by atoms with Gasteiger partial charge in [-0.1, -0.05) is 54.8 Å². The van der Waals surface area contributed by atoms with Gasteiger partial charge in [0.25, 0.3) is 0 Å². The molecule has 5 heteroatoms. The number of amides is 1. The number of carbonyl (C=O) groups is 1. The lowest BCUT2D eigenvalue weighted by Gasteiger charge is -2.40. The van der Waals surface area contributed by atoms with Gasteiger partial charge in [0.2, 0.25) is 5.91 Å². The topological polar surface area (TPSA) is 65.2 Å². The summed E-state index contributed by atoms with van der Waals surface area (Å²) in [5, 5.41) is 13.3. The minimum Gasteiger partial charge on any atom is -0.340 e. The highest BCUT2D eigenvalue weighted by atomic mass is 35.5. The summed E-state index contributed by atoms with van der Waals surface area (Å²) in [5.74, 6) is 0.0882. The lowest BCUT2D eigenvalue weighted by Crippen LogP contribution is -2.50. The highest BCUT2D eigenvalue weighted by molar-refractivity contribution is 6.30. The molecule has 29 heavy (non-hydrogen) atoms. The van der Waals surface area contributed by atoms with Gasteiger partial charge in [-0.05, 0) is 54.3 Å². The Morgan fingerprint density at radius 2 is 1.93 bits per heavy atom. The first-order valence-corrected chi connectivity index (χ1v) is 10.3. The van der Waals surface area contributed by atoms with E-state index in [0.29, 0.717) is 10.6 Å². The number of nitrogens with zero attached hydrogens (tertiary/aromatic N) is 2. The molecule has 0 radical (unpaired) electrons. The van der Waals surface area contributed by atoms with Crippen molar-refractivity contribution in [2.24, 2.45) is 10.9 Å². The molecule has 4 rings (SSSR count). The molecule has 0 spiro atoms. The molecule has 2 aromatic carbocycles. The smallest absolute Gasteiger partial charge is 0.224 e. The van der Waals surface area contributed by atoms with Crippen molar-refractivity contribution in [1.82, 2.24) is 5.32 Å². The number of allylic oxidation sites excluding steroid dienone is 1. The van der Waals surface area contributed by atoms with Gasteiger partial charge in [0.05, 0.1) is 11.6 Å². The van der Waals surface area contributed by atoms with Gasteiger partial charge >= 0.3 is 0 Å². The summed E-state index contributed by atoms with van der Waals surface area (Å²) in [6, 6.07) is 16.8. The predicted octanol–water partition coefficient (Wildman–Crippen LogP) is 5.10. The number of halogens is 1. The van der Waals surface area contributed by atoms with Crippen LogP contribution in [0.4, 0.5) is 0 Å². The van der Waals surface area contributed by atoms with Crippen molar-refractivity contribution < 1.29 is 4.79 Å². The molecule has 2 aromatic rings. The molecule has 1 heterocycles. The largest absolute Gasteiger partial charge is 0.340 e. The molecule has 1 saturated carbocycles. The van der Waals surface area contributed by atoms with Crippen LogP contribution in [0.25, 0.3) is 0 Å². The van der Waals surface area contributed by atoms with Crippen molar-refractivity contribution in [1.29, 1.82) is 5.26 Å². The normalized spacial score (nSPS) is 23.7. The summed E-state index contributed by atoms with van der Waals surface area (Å²) < 4.78 is 0. The SMILES string of the molecule is N#Cc1cccc(C2N=CC=CC2(NC(=O)C2CCCC2)c2ccc(Cl)cc2)c1. The fraction of sp³-hybridized carbons (Fsp3) is 0.292. The number of dihydropyridines is 1. The van der Waals surface area contributed by atoms with E-state index in [1.165, 1.54) is 0 Å². The summed E-state index contributed by atoms with van der Waals surface area (Å²) in [7, 11) is 0. The van der Waals surface area contributed by atoms with Gasteiger partial charge in [-0.2, -0.15) is 5.26 Å². The van der Waals surface area contributed by atoms with Crippen LogP contribution < -0.4 is 5.32 Å². The van der Waals surface area contributed by atoms with E-state index < -0.39 is 5.54 Å². The second-order valence-corrected chi connectivity index (χ2v) is 8.08. The molecule has 1 fully saturated rings. The molecule has 1 amide bonds. The molecule has 0 saturated heterocycles. The molecule has 2 unspecified atom stereocenters. The maximum absolute atomic E-state index is 13.2. The van der Waals surface area contributed by atoms with E-state index in [4.69, 9.17) is 16.6 Å². The summed E-state index contributed by atoms with van der Waals surface area (Å²) in [4.78, 5) is 17.9. The molecule has 1 aliphatic heterocycles. The average Bonchev–Trinajstić information content (AvgIpc) is 3.30. The molecule has 0 bridgehead atoms. The lowest BCUT2D eigenvalue weighted by atomic mass is 9.77. The summed E-state index contributed by atoms with van der Waals surface area (Å²) in [6.45, 7) is 0. The summed E-state index contributed by atoms with van der Waals surface area (Å²) >= 11 is 6.13. The maximum atomic E-state index is 13.2. The van der Waals surface area contributed by atoms with Crippen LogP contribution in [0.3, 0.4) is 0 Å². The molecule has 2 atom stereocenters. The van der Waals surface area contributed by atoms with Gasteiger partial charge in [0.1, 0.15) is 11.6 Å². The maximum Gasteiger partial charge on any atom is 0.224 e. The number of benzene rings is 2. The summed E-state index contributed by atoms with van der Waals surface area (Å²) in [5.41, 5.74) is 1.52. The van der Waals surface area contributed by atoms with Gasteiger partial charge in [-0.3, -0.25) is 9.79 Å². The molecule has 1 aliphatic carbocycles. The van der Waals surface area contributed by atoms with Gasteiger partial charge in [0, 0.05) is 17.2 Å². The molecular weight excluding hydrogens is 382 g/mol. The minimum atomic E-state index is -0.840. The summed E-state index contributed by atoms with van der Waals surface area (Å²) in [6.07, 6.45) is 9.64. The Balaban J connectivity index is 1.81. The number of rotatable bonds is 4. The third kappa shape index (κ3) is 3.83. The second kappa shape index (κ2) is 8.23. The zero-order valence-corrected chi connectivity index (χ0v) is 16.8. The Labute approximate surface area is 175 Å². The number of hydrogen-bond donors (Lipinski definition) is 1. The Bertz CT molecular complexity index is 1000. The van der Waals surface area contributed by atoms with E-state index in [0.717, 1.165) is 36.8 Å². The van der Waals surface area contributed by atoms with Crippen molar-refractivity contribution in [3.8, 4) is 6.07 Å². The molecule has 146 valence electrons. The third-order valence-corrected chi connectivity index (χ3v) is 6.07. The monoisotopic (exact) mass is 403 g/mol. The van der Waals surface area contributed by atoms with Crippen LogP contribution in [0.2, 0.25) is 5.02 Å². The second-order valence-electron chi connectivity index (χ2n) is 7.64. The van der Waals surface area contributed by atoms with E-state index in [1.807, 2.05) is 54.6 Å². The van der Waals surface area contributed by atoms with E-state index >= 15 is 0 Å². The third-order valence-electron chi connectivity index (χ3n) is 5.82. The van der Waals surface area contributed by atoms with Crippen LogP contribution in [0.5, 0.6) is 0 Å². The van der Waals surface area contributed by atoms with Crippen LogP contribution in [-0.4, -0.2) is 12.1 Å². The zero-order valence-electron chi connectivity index (χ0n) is 16.0. The van der Waals surface area contributed by atoms with Gasteiger partial charge < -0.3 is 5.32 Å². The first kappa shape index (κ1) is 19.4. The van der Waals surface area contributed by atoms with E-state index in [9.17, 15) is 10.1 Å². The quantitative estimate of drug-likeness (QED) is 0.772. The van der Waals surface area contributed by atoms with E-state index in [-0.39, 0.29) is 17.9 Å². The molecular formula is C24H22ClN3O. The van der Waals surface area contributed by atoms with Crippen molar-refractivity contribution in [3.63, 3.8) is 0 Å². The Morgan fingerprint density at radius 1 is 1.17 bits per heavy atom. The molecule has 0 aromatic heterocycles. The highest BCUT2D eigenvalue weighted by Crippen LogP contribution is 2.42. The molecule has 4 nitrogen and oxygen atoms in total. The predicted molar refractivity (Wildman–Crippen MR) is 115 cm³/mol. The van der Waals surface area contributed by atoms with Crippen molar-refractivity contribution in [2.45, 2.75) is 37.3 Å². The van der Waals surface area contributed by atoms with E-state index in [2.05, 4.69) is 11.4 Å². The number of nitriles is 1. The standard InChI is InChI=1S/C24H22ClN3O/c25-21-11-9-20(10-12-21)24(28-23(29)18-6-1-2-7-18)13-4-14-27-22(24)19-8-3-5-17(15-19)16-26/h3-5,8-15,18,22H,1-2,6-7H2,(H,28,29). The van der Waals surface area contributed by atoms with Crippen molar-refractivity contribution >= 4 is 23.7 Å². The van der Waals surface area contributed by atoms with Gasteiger partial charge in [-0.15, -0.1) is 0 Å². The van der Waals surface area contributed by atoms with Gasteiger partial charge in [0.15, 0.2) is 0 Å². The minimum absolute atomic E-state index is 0.0320. The fourth-order valence-corrected chi connectivity index (χ4v) is 4.45. The zero-order chi connectivity index (χ0) is 20.3. The molecule has 1 N–H and O–H groups in total. The van der Waals surface area contributed by atoms with Crippen LogP contribution in [0, 0.1) is 17.2 Å². The number of hydrogen-bond acceptors (Lipinski definition) is 3. The van der Waals surface area contributed by atoms with Crippen LogP contribution >= 0.6 is 11.6 Å². The van der Waals surface area contributed by atoms with Crippen LogP contribution in [0.1, 0.15) is 48.4 Å². The lowest BCUT2D eigenvalue weighted by molar-refractivity contribution is -0.126. The van der Waals surface area contributed by atoms with Gasteiger partial charge in [-0.25, -0.2) is 0 Å². The number of aliphatic imine (C=N–C) groups is 1. The molecule has 2 aliphatic rings. The number of carbonyl (C=O) groups excluding carboxylic acids is 1. The van der Waals surface area contributed by atoms with Crippen molar-refractivity contribution in [2.75, 3.05) is 0 Å². The van der Waals surface area contributed by atoms with Crippen LogP contribution in [-0.2, 0) is 10.3 Å². The first-order chi connectivity index (χ1) is 14.1. The highest BCUT2D eigenvalue weighted by Gasteiger charge is 2.43. The fourth-order valence-electron chi connectivity index (χ4n) is 4.32. The van der Waals surface area contributed by atoms with E-state index in [1.54, 1.807) is 12.3 Å². The van der Waals surface area contributed by atoms with Crippen molar-refractivity contribution in [3.05, 3.63) is 82.4 Å². The Hall–Kier alpha value is -2.90. The number of nitrogens with one attached hydrogen (secondary N) is 1. The average molecular weight is 404 g/mol. The Kier molecular flexibility index (Phi) is 5.51. The first-order valence-electron chi connectivity index (χ1n) is 9.91. The Morgan fingerprint density at radius 3 is 2.66 bits per heavy atom.